The summed E-state index contributed by atoms with van der Waals surface area (Å²) < 4.78 is 5.12. The number of esters is 1. The van der Waals surface area contributed by atoms with E-state index in [1.807, 2.05) is 12.1 Å². The number of rotatable bonds is 10. The fourth-order valence-electron chi connectivity index (χ4n) is 2.70. The largest absolute Gasteiger partial charge is 0.454 e. The molecular weight excluding hydrogens is 384 g/mol. The van der Waals surface area contributed by atoms with Gasteiger partial charge in [-0.15, -0.1) is 0 Å². The van der Waals surface area contributed by atoms with E-state index in [2.05, 4.69) is 10.6 Å². The van der Waals surface area contributed by atoms with Gasteiger partial charge in [0.1, 0.15) is 0 Å². The zero-order valence-corrected chi connectivity index (χ0v) is 17.2. The van der Waals surface area contributed by atoms with E-state index in [0.29, 0.717) is 24.2 Å². The maximum atomic E-state index is 12.3. The molecule has 30 heavy (non-hydrogen) atoms. The first kappa shape index (κ1) is 22.8. The quantitative estimate of drug-likeness (QED) is 0.356. The van der Waals surface area contributed by atoms with E-state index >= 15 is 0 Å². The van der Waals surface area contributed by atoms with Crippen LogP contribution < -0.4 is 10.6 Å². The summed E-state index contributed by atoms with van der Waals surface area (Å²) in [5.41, 5.74) is 2.73. The molecular formula is C23H26N2O5. The molecule has 158 valence electrons. The second-order valence-electron chi connectivity index (χ2n) is 6.89. The third kappa shape index (κ3) is 7.87. The van der Waals surface area contributed by atoms with E-state index in [-0.39, 0.29) is 24.2 Å². The molecule has 0 fully saturated rings. The van der Waals surface area contributed by atoms with Gasteiger partial charge in [-0.25, -0.2) is 4.79 Å². The molecule has 0 aliphatic heterocycles. The lowest BCUT2D eigenvalue weighted by atomic mass is 10.1. The van der Waals surface area contributed by atoms with Crippen LogP contribution in [-0.2, 0) is 27.3 Å². The van der Waals surface area contributed by atoms with Crippen LogP contribution in [0.15, 0.2) is 48.5 Å². The Morgan fingerprint density at radius 3 is 1.93 bits per heavy atom. The zero-order valence-electron chi connectivity index (χ0n) is 17.2. The molecule has 0 aliphatic carbocycles. The van der Waals surface area contributed by atoms with Crippen molar-refractivity contribution in [3.8, 4) is 0 Å². The lowest BCUT2D eigenvalue weighted by molar-refractivity contribution is -0.119. The van der Waals surface area contributed by atoms with Crippen LogP contribution in [0.5, 0.6) is 0 Å². The molecule has 2 N–H and O–H groups in total. The first-order chi connectivity index (χ1) is 14.3. The minimum atomic E-state index is -0.580. The van der Waals surface area contributed by atoms with Crippen molar-refractivity contribution in [2.75, 3.05) is 13.2 Å². The Kier molecular flexibility index (Phi) is 8.75. The molecule has 0 radical (unpaired) electrons. The van der Waals surface area contributed by atoms with Gasteiger partial charge < -0.3 is 15.4 Å². The smallest absolute Gasteiger partial charge is 0.338 e. The number of aryl methyl sites for hydroxylation is 1. The second-order valence-corrected chi connectivity index (χ2v) is 6.89. The van der Waals surface area contributed by atoms with Crippen molar-refractivity contribution in [3.63, 3.8) is 0 Å². The van der Waals surface area contributed by atoms with Crippen LogP contribution in [0, 0.1) is 0 Å². The van der Waals surface area contributed by atoms with E-state index < -0.39 is 5.97 Å². The number of Topliss-reactive ketones (excluding diaryl/α,β-unsaturated/α-hetero) is 1. The van der Waals surface area contributed by atoms with Crippen LogP contribution in [-0.4, -0.2) is 36.7 Å². The first-order valence-electron chi connectivity index (χ1n) is 9.72. The summed E-state index contributed by atoms with van der Waals surface area (Å²) in [7, 11) is 0. The van der Waals surface area contributed by atoms with Crippen molar-refractivity contribution in [1.29, 1.82) is 0 Å². The van der Waals surface area contributed by atoms with Crippen LogP contribution >= 0.6 is 0 Å². The van der Waals surface area contributed by atoms with Crippen molar-refractivity contribution < 1.29 is 23.9 Å². The van der Waals surface area contributed by atoms with Crippen LogP contribution in [0.1, 0.15) is 52.1 Å². The van der Waals surface area contributed by atoms with Crippen LogP contribution in [0.2, 0.25) is 0 Å². The van der Waals surface area contributed by atoms with Gasteiger partial charge in [0, 0.05) is 32.5 Å². The molecule has 0 spiro atoms. The van der Waals surface area contributed by atoms with Crippen molar-refractivity contribution in [2.45, 2.75) is 33.2 Å². The second kappa shape index (κ2) is 11.5. The number of hydrogen-bond acceptors (Lipinski definition) is 5. The number of amides is 2. The zero-order chi connectivity index (χ0) is 21.9. The predicted octanol–water partition coefficient (Wildman–Crippen LogP) is 2.43. The van der Waals surface area contributed by atoms with Crippen LogP contribution in [0.25, 0.3) is 0 Å². The standard InChI is InChI=1S/C23H26N2O5/c1-16(26)24-13-3-4-18-5-9-20(10-6-18)22(28)15-30-23(29)21-11-7-19(8-12-21)14-25-17(2)27/h5-12H,3-4,13-15H2,1-2H3,(H,24,26)(H,25,27). The number of carbonyl (C=O) groups is 4. The van der Waals surface area contributed by atoms with E-state index in [0.717, 1.165) is 24.0 Å². The SMILES string of the molecule is CC(=O)NCCCc1ccc(C(=O)COC(=O)c2ccc(CNC(C)=O)cc2)cc1. The highest BCUT2D eigenvalue weighted by molar-refractivity contribution is 5.99. The highest BCUT2D eigenvalue weighted by Gasteiger charge is 2.12. The monoisotopic (exact) mass is 410 g/mol. The Morgan fingerprint density at radius 2 is 1.33 bits per heavy atom. The molecule has 7 heteroatoms. The number of ether oxygens (including phenoxy) is 1. The van der Waals surface area contributed by atoms with Crippen LogP contribution in [0.3, 0.4) is 0 Å². The third-order valence-corrected chi connectivity index (χ3v) is 4.36. The van der Waals surface area contributed by atoms with Gasteiger partial charge in [0.15, 0.2) is 12.4 Å². The topological polar surface area (TPSA) is 102 Å². The molecule has 0 bridgehead atoms. The molecule has 0 saturated carbocycles. The Labute approximate surface area is 175 Å². The van der Waals surface area contributed by atoms with Crippen LogP contribution in [0.4, 0.5) is 0 Å². The van der Waals surface area contributed by atoms with Gasteiger partial charge in [-0.2, -0.15) is 0 Å². The van der Waals surface area contributed by atoms with E-state index in [1.165, 1.54) is 13.8 Å². The van der Waals surface area contributed by atoms with E-state index in [1.54, 1.807) is 36.4 Å². The van der Waals surface area contributed by atoms with Crippen molar-refractivity contribution in [2.24, 2.45) is 0 Å². The molecule has 2 aromatic rings. The molecule has 0 unspecified atom stereocenters. The number of carbonyl (C=O) groups excluding carboxylic acids is 4. The van der Waals surface area contributed by atoms with Gasteiger partial charge in [-0.05, 0) is 36.1 Å². The van der Waals surface area contributed by atoms with Gasteiger partial charge in [0.25, 0.3) is 0 Å². The normalized spacial score (nSPS) is 10.2. The summed E-state index contributed by atoms with van der Waals surface area (Å²) in [6, 6.07) is 13.8. The number of hydrogen-bond donors (Lipinski definition) is 2. The summed E-state index contributed by atoms with van der Waals surface area (Å²) >= 11 is 0. The van der Waals surface area contributed by atoms with Gasteiger partial charge in [0.2, 0.25) is 11.8 Å². The fourth-order valence-corrected chi connectivity index (χ4v) is 2.70. The lowest BCUT2D eigenvalue weighted by Crippen LogP contribution is -2.21. The molecule has 2 rings (SSSR count). The van der Waals surface area contributed by atoms with Crippen molar-refractivity contribution in [1.82, 2.24) is 10.6 Å². The highest BCUT2D eigenvalue weighted by Crippen LogP contribution is 2.10. The highest BCUT2D eigenvalue weighted by atomic mass is 16.5. The van der Waals surface area contributed by atoms with E-state index in [4.69, 9.17) is 4.74 Å². The number of benzene rings is 2. The first-order valence-corrected chi connectivity index (χ1v) is 9.72. The Balaban J connectivity index is 1.79. The number of ketones is 1. The third-order valence-electron chi connectivity index (χ3n) is 4.36. The molecule has 0 atom stereocenters. The van der Waals surface area contributed by atoms with Gasteiger partial charge in [-0.1, -0.05) is 36.4 Å². The Hall–Kier alpha value is -3.48. The maximum absolute atomic E-state index is 12.3. The number of nitrogens with one attached hydrogen (secondary N) is 2. The molecule has 0 aliphatic rings. The summed E-state index contributed by atoms with van der Waals surface area (Å²) in [6.07, 6.45) is 1.61. The van der Waals surface area contributed by atoms with E-state index in [9.17, 15) is 19.2 Å². The average molecular weight is 410 g/mol. The fraction of sp³-hybridized carbons (Fsp3) is 0.304. The van der Waals surface area contributed by atoms with Gasteiger partial charge in [0.05, 0.1) is 5.56 Å². The molecule has 2 amide bonds. The van der Waals surface area contributed by atoms with Crippen molar-refractivity contribution in [3.05, 3.63) is 70.8 Å². The maximum Gasteiger partial charge on any atom is 0.338 e. The predicted molar refractivity (Wildman–Crippen MR) is 112 cm³/mol. The van der Waals surface area contributed by atoms with Gasteiger partial charge in [-0.3, -0.25) is 14.4 Å². The van der Waals surface area contributed by atoms with Gasteiger partial charge >= 0.3 is 5.97 Å². The molecule has 0 saturated heterocycles. The molecule has 7 nitrogen and oxygen atoms in total. The average Bonchev–Trinajstić information content (AvgIpc) is 2.74. The summed E-state index contributed by atoms with van der Waals surface area (Å²) in [4.78, 5) is 46.2. The lowest BCUT2D eigenvalue weighted by Gasteiger charge is -2.07. The Bertz CT molecular complexity index is 889. The minimum Gasteiger partial charge on any atom is -0.454 e. The summed E-state index contributed by atoms with van der Waals surface area (Å²) in [5, 5.41) is 5.42. The summed E-state index contributed by atoms with van der Waals surface area (Å²) in [5.74, 6) is -1.04. The van der Waals surface area contributed by atoms with Crippen molar-refractivity contribution >= 4 is 23.6 Å². The minimum absolute atomic E-state index is 0.0496. The molecule has 0 heterocycles. The molecule has 2 aromatic carbocycles. The molecule has 0 aromatic heterocycles. The Morgan fingerprint density at radius 1 is 0.767 bits per heavy atom. The summed E-state index contributed by atoms with van der Waals surface area (Å²) in [6.45, 7) is 3.57.